The largest absolute Gasteiger partial charge is 0.316 e. The van der Waals surface area contributed by atoms with E-state index < -0.39 is 0 Å². The van der Waals surface area contributed by atoms with E-state index in [-0.39, 0.29) is 11.5 Å². The second kappa shape index (κ2) is 4.94. The maximum absolute atomic E-state index is 6.16. The Morgan fingerprint density at radius 2 is 2.27 bits per heavy atom. The molecule has 1 heterocycles. The minimum Gasteiger partial charge on any atom is -0.316 e. The summed E-state index contributed by atoms with van der Waals surface area (Å²) >= 11 is 1.89. The molecule has 1 rings (SSSR count). The van der Waals surface area contributed by atoms with Crippen molar-refractivity contribution < 1.29 is 0 Å². The number of allylic oxidation sites excluding steroid dienone is 1. The molecular formula is C11H21BN2S. The Morgan fingerprint density at radius 3 is 2.67 bits per heavy atom. The molecule has 1 unspecified atom stereocenters. The van der Waals surface area contributed by atoms with Gasteiger partial charge in [-0.1, -0.05) is 26.8 Å². The number of hydrogen-bond donors (Lipinski definition) is 2. The zero-order valence-corrected chi connectivity index (χ0v) is 10.9. The number of nitrogens with two attached hydrogens (primary N) is 1. The lowest BCUT2D eigenvalue weighted by atomic mass is 9.68. The zero-order chi connectivity index (χ0) is 11.6. The van der Waals surface area contributed by atoms with Crippen LogP contribution in [0.25, 0.3) is 0 Å². The van der Waals surface area contributed by atoms with Crippen LogP contribution in [0.5, 0.6) is 0 Å². The molecule has 0 aromatic carbocycles. The molecule has 15 heavy (non-hydrogen) atoms. The normalized spacial score (nSPS) is 35.0. The lowest BCUT2D eigenvalue weighted by Gasteiger charge is -2.21. The van der Waals surface area contributed by atoms with Gasteiger partial charge in [-0.15, -0.1) is 11.8 Å². The molecule has 0 saturated carbocycles. The number of thioether (sulfide) groups is 1. The van der Waals surface area contributed by atoms with E-state index in [9.17, 15) is 0 Å². The fourth-order valence-corrected chi connectivity index (χ4v) is 2.88. The molecule has 1 aliphatic heterocycles. The van der Waals surface area contributed by atoms with E-state index >= 15 is 0 Å². The van der Waals surface area contributed by atoms with Crippen molar-refractivity contribution in [2.45, 2.75) is 44.4 Å². The lowest BCUT2D eigenvalue weighted by molar-refractivity contribution is 0.515. The molecule has 0 spiro atoms. The third kappa shape index (κ3) is 3.54. The Morgan fingerprint density at radius 1 is 1.67 bits per heavy atom. The van der Waals surface area contributed by atoms with Crippen LogP contribution in [0.3, 0.4) is 0 Å². The van der Waals surface area contributed by atoms with Crippen molar-refractivity contribution in [3.05, 3.63) is 11.0 Å². The Hall–Kier alpha value is 0.0749. The molecular weight excluding hydrogens is 203 g/mol. The first kappa shape index (κ1) is 13.1. The van der Waals surface area contributed by atoms with E-state index in [4.69, 9.17) is 13.6 Å². The van der Waals surface area contributed by atoms with E-state index in [0.29, 0.717) is 11.2 Å². The van der Waals surface area contributed by atoms with Gasteiger partial charge in [0.05, 0.1) is 14.0 Å². The van der Waals surface area contributed by atoms with Gasteiger partial charge in [0, 0.05) is 11.8 Å². The van der Waals surface area contributed by atoms with Gasteiger partial charge in [0.25, 0.3) is 0 Å². The predicted octanol–water partition coefficient (Wildman–Crippen LogP) is 1.88. The van der Waals surface area contributed by atoms with Crippen LogP contribution in [0.4, 0.5) is 0 Å². The Bertz CT molecular complexity index is 251. The first-order chi connectivity index (χ1) is 6.83. The van der Waals surface area contributed by atoms with Crippen molar-refractivity contribution in [3.63, 3.8) is 0 Å². The third-order valence-electron chi connectivity index (χ3n) is 2.87. The zero-order valence-electron chi connectivity index (χ0n) is 10.1. The van der Waals surface area contributed by atoms with Crippen molar-refractivity contribution in [1.82, 2.24) is 5.32 Å². The molecule has 4 atom stereocenters. The van der Waals surface area contributed by atoms with E-state index in [2.05, 4.69) is 32.2 Å². The molecule has 0 amide bonds. The molecule has 2 radical (unpaired) electrons. The average molecular weight is 224 g/mol. The van der Waals surface area contributed by atoms with E-state index in [1.165, 1.54) is 4.91 Å². The lowest BCUT2D eigenvalue weighted by Crippen LogP contribution is -2.37. The van der Waals surface area contributed by atoms with Gasteiger partial charge in [-0.25, -0.2) is 0 Å². The van der Waals surface area contributed by atoms with Gasteiger partial charge in [0.1, 0.15) is 0 Å². The molecule has 0 bridgehead atoms. The Kier molecular flexibility index (Phi) is 4.33. The van der Waals surface area contributed by atoms with E-state index in [0.717, 1.165) is 6.54 Å². The number of rotatable bonds is 4. The van der Waals surface area contributed by atoms with Gasteiger partial charge in [0.15, 0.2) is 0 Å². The molecule has 2 nitrogen and oxygen atoms in total. The molecule has 0 saturated heterocycles. The molecule has 1 aliphatic rings. The summed E-state index contributed by atoms with van der Waals surface area (Å²) in [5.41, 5.74) is 5.66. The maximum Gasteiger partial charge on any atom is 0.0814 e. The van der Waals surface area contributed by atoms with Crippen LogP contribution in [-0.4, -0.2) is 25.8 Å². The summed E-state index contributed by atoms with van der Waals surface area (Å²) in [7, 11) is 6.16. The highest BCUT2D eigenvalue weighted by molar-refractivity contribution is 8.04. The minimum atomic E-state index is -0.164. The molecule has 4 heteroatoms. The highest BCUT2D eigenvalue weighted by Crippen LogP contribution is 2.49. The molecule has 3 N–H and O–H groups in total. The predicted molar refractivity (Wildman–Crippen MR) is 70.1 cm³/mol. The number of hydrogen-bond acceptors (Lipinski definition) is 3. The molecule has 0 aromatic rings. The van der Waals surface area contributed by atoms with Gasteiger partial charge in [-0.05, 0) is 23.1 Å². The fourth-order valence-electron chi connectivity index (χ4n) is 1.51. The van der Waals surface area contributed by atoms with Gasteiger partial charge in [0.2, 0.25) is 0 Å². The molecule has 0 aromatic heterocycles. The summed E-state index contributed by atoms with van der Waals surface area (Å²) < 4.78 is 0. The van der Waals surface area contributed by atoms with Gasteiger partial charge in [-0.2, -0.15) is 0 Å². The third-order valence-corrected chi connectivity index (χ3v) is 4.53. The summed E-state index contributed by atoms with van der Waals surface area (Å²) in [4.78, 5) is 1.39. The van der Waals surface area contributed by atoms with Gasteiger partial charge < -0.3 is 11.1 Å². The van der Waals surface area contributed by atoms with Crippen LogP contribution in [0.2, 0.25) is 5.31 Å². The topological polar surface area (TPSA) is 38.0 Å². The summed E-state index contributed by atoms with van der Waals surface area (Å²) in [6.07, 6.45) is 2.26. The SMILES string of the molecule is [B][C@@]1(C)C=C([C@@H](C)CN[C@@H](C)N)SC1C. The first-order valence-electron chi connectivity index (χ1n) is 5.50. The summed E-state index contributed by atoms with van der Waals surface area (Å²) in [6, 6.07) is 0. The van der Waals surface area contributed by atoms with Crippen molar-refractivity contribution in [3.8, 4) is 0 Å². The highest BCUT2D eigenvalue weighted by Gasteiger charge is 2.32. The van der Waals surface area contributed by atoms with Crippen LogP contribution in [0, 0.1) is 5.92 Å². The molecule has 0 fully saturated rings. The van der Waals surface area contributed by atoms with Crippen molar-refractivity contribution in [2.24, 2.45) is 11.7 Å². The van der Waals surface area contributed by atoms with Gasteiger partial charge >= 0.3 is 0 Å². The summed E-state index contributed by atoms with van der Waals surface area (Å²) in [5.74, 6) is 0.494. The fraction of sp³-hybridized carbons (Fsp3) is 0.818. The second-order valence-corrected chi connectivity index (χ2v) is 6.18. The quantitative estimate of drug-likeness (QED) is 0.565. The Balaban J connectivity index is 2.52. The summed E-state index contributed by atoms with van der Waals surface area (Å²) in [5, 5.41) is 3.55. The number of nitrogens with one attached hydrogen (secondary N) is 1. The van der Waals surface area contributed by atoms with Crippen LogP contribution in [-0.2, 0) is 0 Å². The van der Waals surface area contributed by atoms with Gasteiger partial charge in [-0.3, -0.25) is 0 Å². The molecule has 84 valence electrons. The van der Waals surface area contributed by atoms with Crippen LogP contribution < -0.4 is 11.1 Å². The summed E-state index contributed by atoms with van der Waals surface area (Å²) in [6.45, 7) is 9.35. The highest BCUT2D eigenvalue weighted by atomic mass is 32.2. The maximum atomic E-state index is 6.16. The minimum absolute atomic E-state index is 0.0566. The van der Waals surface area contributed by atoms with E-state index in [1.807, 2.05) is 18.7 Å². The Labute approximate surface area is 98.9 Å². The standard InChI is InChI=1S/C11H21BN2S/c1-7(6-14-9(3)13)10-5-11(4,12)8(2)15-10/h5,7-9,14H,6,13H2,1-4H3/t7-,8?,9-,11-/m0/s1. The average Bonchev–Trinajstić information content (AvgIpc) is 2.37. The monoisotopic (exact) mass is 224 g/mol. The smallest absolute Gasteiger partial charge is 0.0814 e. The van der Waals surface area contributed by atoms with E-state index in [1.54, 1.807) is 0 Å². The van der Waals surface area contributed by atoms with Crippen molar-refractivity contribution >= 4 is 19.6 Å². The first-order valence-corrected chi connectivity index (χ1v) is 6.38. The van der Waals surface area contributed by atoms with Crippen LogP contribution in [0.1, 0.15) is 27.7 Å². The van der Waals surface area contributed by atoms with Crippen molar-refractivity contribution in [2.75, 3.05) is 6.54 Å². The van der Waals surface area contributed by atoms with Crippen LogP contribution >= 0.6 is 11.8 Å². The second-order valence-electron chi connectivity index (χ2n) is 4.77. The molecule has 0 aliphatic carbocycles. The van der Waals surface area contributed by atoms with Crippen LogP contribution in [0.15, 0.2) is 11.0 Å². The van der Waals surface area contributed by atoms with Crippen molar-refractivity contribution in [1.29, 1.82) is 0 Å².